The van der Waals surface area contributed by atoms with Crippen molar-refractivity contribution in [1.29, 1.82) is 0 Å². The maximum absolute atomic E-state index is 13.0. The van der Waals surface area contributed by atoms with E-state index in [-0.39, 0.29) is 10.9 Å². The Bertz CT molecular complexity index is 881. The molecule has 0 bridgehead atoms. The minimum atomic E-state index is -3.56. The van der Waals surface area contributed by atoms with Gasteiger partial charge in [0.25, 0.3) is 0 Å². The molecule has 8 heteroatoms. The van der Waals surface area contributed by atoms with E-state index in [2.05, 4.69) is 22.2 Å². The summed E-state index contributed by atoms with van der Waals surface area (Å²) in [6.07, 6.45) is 1.97. The minimum absolute atomic E-state index is 0.207. The molecule has 2 aliphatic heterocycles. The number of sulfonamides is 1. The van der Waals surface area contributed by atoms with E-state index < -0.39 is 10.0 Å². The Labute approximate surface area is 166 Å². The largest absolute Gasteiger partial charge is 0.381 e. The molecule has 0 spiro atoms. The van der Waals surface area contributed by atoms with Crippen LogP contribution in [-0.4, -0.2) is 61.2 Å². The van der Waals surface area contributed by atoms with E-state index in [4.69, 9.17) is 9.26 Å². The number of rotatable bonds is 6. The fraction of sp³-hybridized carbons (Fsp3) is 0.550. The van der Waals surface area contributed by atoms with Crippen LogP contribution in [0.1, 0.15) is 29.9 Å². The summed E-state index contributed by atoms with van der Waals surface area (Å²) in [6.45, 7) is 6.67. The molecule has 1 aromatic carbocycles. The normalized spacial score (nSPS) is 19.8. The van der Waals surface area contributed by atoms with Crippen LogP contribution in [0.25, 0.3) is 0 Å². The molecule has 2 aliphatic rings. The standard InChI is InChI=1S/C20H27N3O4S/c1-15-20(16(2)27-21-15)28(24,25)22-13-19(14-22)23(18-8-10-26-11-9-18)12-17-6-4-3-5-7-17/h3-7,18-19H,8-14H2,1-2H3. The van der Waals surface area contributed by atoms with Gasteiger partial charge in [-0.05, 0) is 32.3 Å². The van der Waals surface area contributed by atoms with Gasteiger partial charge in [-0.15, -0.1) is 0 Å². The van der Waals surface area contributed by atoms with Gasteiger partial charge in [-0.25, -0.2) is 8.42 Å². The Morgan fingerprint density at radius 2 is 1.79 bits per heavy atom. The van der Waals surface area contributed by atoms with E-state index in [0.717, 1.165) is 32.6 Å². The summed E-state index contributed by atoms with van der Waals surface area (Å²) in [5, 5.41) is 3.80. The maximum Gasteiger partial charge on any atom is 0.248 e. The molecular formula is C20H27N3O4S. The SMILES string of the molecule is Cc1noc(C)c1S(=O)(=O)N1CC(N(Cc2ccccc2)C2CCOCC2)C1. The molecule has 2 saturated heterocycles. The first-order chi connectivity index (χ1) is 13.5. The Hall–Kier alpha value is -1.74. The number of hydrogen-bond donors (Lipinski definition) is 0. The lowest BCUT2D eigenvalue weighted by Gasteiger charge is -2.48. The van der Waals surface area contributed by atoms with Crippen LogP contribution in [-0.2, 0) is 21.3 Å². The lowest BCUT2D eigenvalue weighted by Crippen LogP contribution is -2.63. The van der Waals surface area contributed by atoms with Gasteiger partial charge in [0.1, 0.15) is 10.6 Å². The van der Waals surface area contributed by atoms with E-state index in [9.17, 15) is 8.42 Å². The molecule has 1 aromatic heterocycles. The average Bonchev–Trinajstić information content (AvgIpc) is 3.00. The van der Waals surface area contributed by atoms with E-state index in [0.29, 0.717) is 30.6 Å². The topological polar surface area (TPSA) is 75.9 Å². The van der Waals surface area contributed by atoms with Crippen LogP contribution in [0, 0.1) is 13.8 Å². The van der Waals surface area contributed by atoms with Gasteiger partial charge in [-0.2, -0.15) is 4.31 Å². The Morgan fingerprint density at radius 1 is 1.11 bits per heavy atom. The Kier molecular flexibility index (Phi) is 5.55. The Balaban J connectivity index is 1.50. The first-order valence-electron chi connectivity index (χ1n) is 9.77. The number of benzene rings is 1. The van der Waals surface area contributed by atoms with Gasteiger partial charge in [0.05, 0.1) is 0 Å². The van der Waals surface area contributed by atoms with Crippen molar-refractivity contribution in [3.63, 3.8) is 0 Å². The van der Waals surface area contributed by atoms with E-state index >= 15 is 0 Å². The fourth-order valence-corrected chi connectivity index (χ4v) is 5.97. The van der Waals surface area contributed by atoms with Crippen molar-refractivity contribution in [3.8, 4) is 0 Å². The molecule has 152 valence electrons. The van der Waals surface area contributed by atoms with Crippen molar-refractivity contribution in [2.24, 2.45) is 0 Å². The summed E-state index contributed by atoms with van der Waals surface area (Å²) in [5.74, 6) is 0.353. The summed E-state index contributed by atoms with van der Waals surface area (Å²) >= 11 is 0. The predicted octanol–water partition coefficient (Wildman–Crippen LogP) is 2.35. The summed E-state index contributed by atoms with van der Waals surface area (Å²) in [7, 11) is -3.56. The van der Waals surface area contributed by atoms with Crippen molar-refractivity contribution < 1.29 is 17.7 Å². The second-order valence-electron chi connectivity index (χ2n) is 7.63. The van der Waals surface area contributed by atoms with Crippen LogP contribution >= 0.6 is 0 Å². The predicted molar refractivity (Wildman–Crippen MR) is 104 cm³/mol. The van der Waals surface area contributed by atoms with Crippen molar-refractivity contribution in [2.75, 3.05) is 26.3 Å². The monoisotopic (exact) mass is 405 g/mol. The highest BCUT2D eigenvalue weighted by Gasteiger charge is 2.43. The van der Waals surface area contributed by atoms with Crippen LogP contribution in [0.4, 0.5) is 0 Å². The molecule has 0 unspecified atom stereocenters. The quantitative estimate of drug-likeness (QED) is 0.734. The van der Waals surface area contributed by atoms with E-state index in [1.807, 2.05) is 18.2 Å². The van der Waals surface area contributed by atoms with Gasteiger partial charge >= 0.3 is 0 Å². The van der Waals surface area contributed by atoms with Crippen molar-refractivity contribution in [2.45, 2.75) is 50.2 Å². The van der Waals surface area contributed by atoms with Crippen molar-refractivity contribution >= 4 is 10.0 Å². The number of aryl methyl sites for hydroxylation is 2. The lowest BCUT2D eigenvalue weighted by atomic mass is 10.00. The highest BCUT2D eigenvalue weighted by atomic mass is 32.2. The molecule has 0 amide bonds. The van der Waals surface area contributed by atoms with Crippen molar-refractivity contribution in [3.05, 3.63) is 47.3 Å². The average molecular weight is 406 g/mol. The molecular weight excluding hydrogens is 378 g/mol. The Morgan fingerprint density at radius 3 is 2.39 bits per heavy atom. The fourth-order valence-electron chi connectivity index (χ4n) is 4.16. The van der Waals surface area contributed by atoms with Crippen LogP contribution in [0.5, 0.6) is 0 Å². The summed E-state index contributed by atoms with van der Waals surface area (Å²) in [5.41, 5.74) is 1.67. The van der Waals surface area contributed by atoms with E-state index in [1.165, 1.54) is 5.56 Å². The molecule has 7 nitrogen and oxygen atoms in total. The molecule has 0 radical (unpaired) electrons. The second kappa shape index (κ2) is 7.94. The summed E-state index contributed by atoms with van der Waals surface area (Å²) in [4.78, 5) is 2.68. The summed E-state index contributed by atoms with van der Waals surface area (Å²) < 4.78 is 38.2. The number of hydrogen-bond acceptors (Lipinski definition) is 6. The highest BCUT2D eigenvalue weighted by Crippen LogP contribution is 2.31. The molecule has 0 saturated carbocycles. The molecule has 0 aliphatic carbocycles. The third kappa shape index (κ3) is 3.74. The first kappa shape index (κ1) is 19.6. The summed E-state index contributed by atoms with van der Waals surface area (Å²) in [6, 6.07) is 11.0. The molecule has 4 rings (SSSR count). The number of ether oxygens (including phenoxy) is 1. The number of nitrogens with zero attached hydrogens (tertiary/aromatic N) is 3. The maximum atomic E-state index is 13.0. The smallest absolute Gasteiger partial charge is 0.248 e. The molecule has 2 aromatic rings. The highest BCUT2D eigenvalue weighted by molar-refractivity contribution is 7.89. The van der Waals surface area contributed by atoms with E-state index in [1.54, 1.807) is 18.2 Å². The van der Waals surface area contributed by atoms with Gasteiger partial charge < -0.3 is 9.26 Å². The third-order valence-corrected chi connectivity index (χ3v) is 7.81. The van der Waals surface area contributed by atoms with Crippen LogP contribution in [0.15, 0.2) is 39.8 Å². The molecule has 2 fully saturated rings. The van der Waals surface area contributed by atoms with Crippen LogP contribution in [0.2, 0.25) is 0 Å². The van der Waals surface area contributed by atoms with Gasteiger partial charge in [0.2, 0.25) is 10.0 Å². The molecule has 0 atom stereocenters. The molecule has 3 heterocycles. The first-order valence-corrected chi connectivity index (χ1v) is 11.2. The van der Waals surface area contributed by atoms with Gasteiger partial charge in [-0.3, -0.25) is 4.90 Å². The molecule has 0 N–H and O–H groups in total. The molecule has 28 heavy (non-hydrogen) atoms. The lowest BCUT2D eigenvalue weighted by molar-refractivity contribution is -0.0150. The number of aromatic nitrogens is 1. The van der Waals surface area contributed by atoms with Crippen molar-refractivity contribution in [1.82, 2.24) is 14.4 Å². The van der Waals surface area contributed by atoms with Crippen LogP contribution < -0.4 is 0 Å². The zero-order valence-corrected chi connectivity index (χ0v) is 17.2. The second-order valence-corrected chi connectivity index (χ2v) is 9.51. The zero-order chi connectivity index (χ0) is 19.7. The van der Waals surface area contributed by atoms with Gasteiger partial charge in [-0.1, -0.05) is 35.5 Å². The van der Waals surface area contributed by atoms with Crippen LogP contribution in [0.3, 0.4) is 0 Å². The minimum Gasteiger partial charge on any atom is -0.381 e. The third-order valence-electron chi connectivity index (χ3n) is 5.73. The zero-order valence-electron chi connectivity index (χ0n) is 16.4. The van der Waals surface area contributed by atoms with Gasteiger partial charge in [0, 0.05) is 44.9 Å². The van der Waals surface area contributed by atoms with Gasteiger partial charge in [0.15, 0.2) is 5.76 Å².